The summed E-state index contributed by atoms with van der Waals surface area (Å²) >= 11 is 0. The summed E-state index contributed by atoms with van der Waals surface area (Å²) in [5, 5.41) is 13.5. The van der Waals surface area contributed by atoms with Gasteiger partial charge in [-0.1, -0.05) is 6.07 Å². The van der Waals surface area contributed by atoms with Gasteiger partial charge in [0.15, 0.2) is 0 Å². The van der Waals surface area contributed by atoms with E-state index in [0.717, 1.165) is 0 Å². The number of nitro benzene ring substituents is 1. The molecule has 0 atom stereocenters. The normalized spacial score (nSPS) is 10.3. The largest absolute Gasteiger partial charge is 0.350 e. The molecular weight excluding hydrogens is 300 g/mol. The summed E-state index contributed by atoms with van der Waals surface area (Å²) in [4.78, 5) is 38.3. The minimum absolute atomic E-state index is 0.100. The van der Waals surface area contributed by atoms with Crippen molar-refractivity contribution in [1.29, 1.82) is 0 Å². The quantitative estimate of drug-likeness (QED) is 0.659. The summed E-state index contributed by atoms with van der Waals surface area (Å²) in [6.45, 7) is 3.68. The zero-order valence-electron chi connectivity index (χ0n) is 12.8. The first-order chi connectivity index (χ1) is 10.9. The maximum absolute atomic E-state index is 12.1. The van der Waals surface area contributed by atoms with Crippen LogP contribution in [0.15, 0.2) is 35.5 Å². The second-order valence-electron chi connectivity index (χ2n) is 5.04. The average molecular weight is 316 g/mol. The van der Waals surface area contributed by atoms with E-state index in [1.807, 2.05) is 0 Å². The van der Waals surface area contributed by atoms with E-state index < -0.39 is 10.8 Å². The highest BCUT2D eigenvalue weighted by Gasteiger charge is 2.17. The fourth-order valence-corrected chi connectivity index (χ4v) is 2.17. The van der Waals surface area contributed by atoms with Crippen molar-refractivity contribution in [1.82, 2.24) is 14.9 Å². The first kappa shape index (κ1) is 16.3. The number of rotatable bonds is 5. The molecule has 0 unspecified atom stereocenters. The van der Waals surface area contributed by atoms with Gasteiger partial charge < -0.3 is 5.32 Å². The number of nitro groups is 1. The van der Waals surface area contributed by atoms with Gasteiger partial charge in [0.1, 0.15) is 0 Å². The lowest BCUT2D eigenvalue weighted by atomic mass is 10.1. The Morgan fingerprint density at radius 1 is 1.39 bits per heavy atom. The third-order valence-electron chi connectivity index (χ3n) is 3.46. The molecule has 0 saturated carbocycles. The summed E-state index contributed by atoms with van der Waals surface area (Å²) in [7, 11) is 0. The third kappa shape index (κ3) is 3.60. The molecule has 120 valence electrons. The van der Waals surface area contributed by atoms with E-state index >= 15 is 0 Å². The Hall–Kier alpha value is -3.03. The Morgan fingerprint density at radius 3 is 2.83 bits per heavy atom. The van der Waals surface area contributed by atoms with Gasteiger partial charge in [-0.3, -0.25) is 24.3 Å². The van der Waals surface area contributed by atoms with Crippen LogP contribution in [0, 0.1) is 24.0 Å². The van der Waals surface area contributed by atoms with Crippen molar-refractivity contribution in [2.75, 3.05) is 6.54 Å². The number of aromatic nitrogens is 2. The van der Waals surface area contributed by atoms with E-state index in [0.29, 0.717) is 11.1 Å². The van der Waals surface area contributed by atoms with E-state index in [4.69, 9.17) is 0 Å². The Morgan fingerprint density at radius 2 is 2.13 bits per heavy atom. The van der Waals surface area contributed by atoms with Crippen molar-refractivity contribution in [3.05, 3.63) is 67.9 Å². The Labute approximate surface area is 131 Å². The highest BCUT2D eigenvalue weighted by molar-refractivity contribution is 5.96. The fraction of sp³-hybridized carbons (Fsp3) is 0.267. The predicted octanol–water partition coefficient (Wildman–Crippen LogP) is 1.20. The van der Waals surface area contributed by atoms with Gasteiger partial charge in [0.2, 0.25) is 0 Å². The molecule has 1 amide bonds. The zero-order chi connectivity index (χ0) is 17.0. The lowest BCUT2D eigenvalue weighted by Gasteiger charge is -2.09. The minimum Gasteiger partial charge on any atom is -0.350 e. The molecule has 1 heterocycles. The Kier molecular flexibility index (Phi) is 4.85. The predicted molar refractivity (Wildman–Crippen MR) is 83.4 cm³/mol. The molecule has 0 aliphatic heterocycles. The van der Waals surface area contributed by atoms with Crippen molar-refractivity contribution < 1.29 is 9.72 Å². The number of hydrogen-bond donors (Lipinski definition) is 1. The molecule has 1 aromatic carbocycles. The van der Waals surface area contributed by atoms with Gasteiger partial charge in [0, 0.05) is 42.0 Å². The van der Waals surface area contributed by atoms with Crippen LogP contribution in [0.1, 0.15) is 21.5 Å². The van der Waals surface area contributed by atoms with Crippen LogP contribution >= 0.6 is 0 Å². The fourth-order valence-electron chi connectivity index (χ4n) is 2.17. The van der Waals surface area contributed by atoms with E-state index in [-0.39, 0.29) is 29.9 Å². The number of carbonyl (C=O) groups excluding carboxylic acids is 1. The molecule has 0 bridgehead atoms. The van der Waals surface area contributed by atoms with E-state index in [2.05, 4.69) is 10.3 Å². The van der Waals surface area contributed by atoms with Crippen molar-refractivity contribution in [2.45, 2.75) is 20.4 Å². The molecule has 1 aromatic heterocycles. The molecule has 0 saturated heterocycles. The topological polar surface area (TPSA) is 107 Å². The lowest BCUT2D eigenvalue weighted by molar-refractivity contribution is -0.385. The van der Waals surface area contributed by atoms with E-state index in [1.165, 1.54) is 42.2 Å². The van der Waals surface area contributed by atoms with Gasteiger partial charge in [-0.05, 0) is 19.9 Å². The van der Waals surface area contributed by atoms with Gasteiger partial charge in [0.05, 0.1) is 11.3 Å². The molecule has 2 aromatic rings. The molecule has 23 heavy (non-hydrogen) atoms. The Bertz CT molecular complexity index is 813. The van der Waals surface area contributed by atoms with Crippen molar-refractivity contribution in [2.24, 2.45) is 0 Å². The second-order valence-corrected chi connectivity index (χ2v) is 5.04. The summed E-state index contributed by atoms with van der Waals surface area (Å²) in [5.41, 5.74) is 0.809. The molecule has 1 N–H and O–H groups in total. The van der Waals surface area contributed by atoms with E-state index in [1.54, 1.807) is 6.92 Å². The zero-order valence-corrected chi connectivity index (χ0v) is 12.8. The molecule has 0 aliphatic carbocycles. The van der Waals surface area contributed by atoms with Gasteiger partial charge in [-0.2, -0.15) is 0 Å². The SMILES string of the molecule is Cc1c(C(=O)NCCn2cncc(C)c2=O)cccc1[N+](=O)[O-]. The number of benzene rings is 1. The van der Waals surface area contributed by atoms with Crippen LogP contribution in [0.5, 0.6) is 0 Å². The van der Waals surface area contributed by atoms with Gasteiger partial charge in [-0.25, -0.2) is 4.98 Å². The average Bonchev–Trinajstić information content (AvgIpc) is 2.51. The highest BCUT2D eigenvalue weighted by Crippen LogP contribution is 2.20. The van der Waals surface area contributed by atoms with Gasteiger partial charge >= 0.3 is 0 Å². The van der Waals surface area contributed by atoms with Crippen molar-refractivity contribution >= 4 is 11.6 Å². The molecule has 0 fully saturated rings. The number of amides is 1. The van der Waals surface area contributed by atoms with Crippen molar-refractivity contribution in [3.8, 4) is 0 Å². The molecule has 8 nitrogen and oxygen atoms in total. The highest BCUT2D eigenvalue weighted by atomic mass is 16.6. The van der Waals surface area contributed by atoms with Crippen LogP contribution in [-0.4, -0.2) is 26.9 Å². The first-order valence-electron chi connectivity index (χ1n) is 6.95. The maximum atomic E-state index is 12.1. The first-order valence-corrected chi connectivity index (χ1v) is 6.95. The summed E-state index contributed by atoms with van der Waals surface area (Å²) < 4.78 is 1.40. The van der Waals surface area contributed by atoms with Gasteiger partial charge in [0.25, 0.3) is 17.2 Å². The summed E-state index contributed by atoms with van der Waals surface area (Å²) in [6, 6.07) is 4.34. The second kappa shape index (κ2) is 6.82. The molecule has 8 heteroatoms. The lowest BCUT2D eigenvalue weighted by Crippen LogP contribution is -2.31. The minimum atomic E-state index is -0.524. The van der Waals surface area contributed by atoms with Gasteiger partial charge in [-0.15, -0.1) is 0 Å². The maximum Gasteiger partial charge on any atom is 0.273 e. The van der Waals surface area contributed by atoms with Crippen molar-refractivity contribution in [3.63, 3.8) is 0 Å². The summed E-state index contributed by atoms with van der Waals surface area (Å²) in [6.07, 6.45) is 2.88. The molecule has 2 rings (SSSR count). The van der Waals surface area contributed by atoms with Crippen LogP contribution in [0.4, 0.5) is 5.69 Å². The monoisotopic (exact) mass is 316 g/mol. The standard InChI is InChI=1S/C15H16N4O4/c1-10-8-16-9-18(15(10)21)7-6-17-14(20)12-4-3-5-13(11(12)2)19(22)23/h3-5,8-9H,6-7H2,1-2H3,(H,17,20). The molecule has 0 aliphatic rings. The number of aryl methyl sites for hydroxylation is 1. The van der Waals surface area contributed by atoms with Crippen LogP contribution in [0.25, 0.3) is 0 Å². The molecule has 0 radical (unpaired) electrons. The van der Waals surface area contributed by atoms with Crippen LogP contribution in [-0.2, 0) is 6.54 Å². The number of nitrogens with zero attached hydrogens (tertiary/aromatic N) is 3. The molecular formula is C15H16N4O4. The Balaban J connectivity index is 2.06. The third-order valence-corrected chi connectivity index (χ3v) is 3.46. The van der Waals surface area contributed by atoms with Crippen LogP contribution in [0.3, 0.4) is 0 Å². The van der Waals surface area contributed by atoms with E-state index in [9.17, 15) is 19.7 Å². The number of hydrogen-bond acceptors (Lipinski definition) is 5. The number of carbonyl (C=O) groups is 1. The molecule has 0 spiro atoms. The smallest absolute Gasteiger partial charge is 0.273 e. The van der Waals surface area contributed by atoms with Crippen LogP contribution in [0.2, 0.25) is 0 Å². The number of nitrogens with one attached hydrogen (secondary N) is 1. The summed E-state index contributed by atoms with van der Waals surface area (Å²) in [5.74, 6) is -0.417. The van der Waals surface area contributed by atoms with Crippen LogP contribution < -0.4 is 10.9 Å².